The van der Waals surface area contributed by atoms with Crippen molar-refractivity contribution in [1.82, 2.24) is 4.90 Å². The van der Waals surface area contributed by atoms with Crippen LogP contribution in [-0.4, -0.2) is 30.3 Å². The lowest BCUT2D eigenvalue weighted by Crippen LogP contribution is -2.36. The van der Waals surface area contributed by atoms with Gasteiger partial charge in [0.2, 0.25) is 0 Å². The van der Waals surface area contributed by atoms with Crippen molar-refractivity contribution in [2.75, 3.05) is 19.6 Å². The van der Waals surface area contributed by atoms with E-state index < -0.39 is 0 Å². The molecule has 90 valence electrons. The number of Topliss-reactive ketones (excluding diaryl/α,β-unsaturated/α-hetero) is 1. The zero-order valence-electron chi connectivity index (χ0n) is 10.3. The van der Waals surface area contributed by atoms with Gasteiger partial charge in [0.15, 0.2) is 0 Å². The molecule has 1 aliphatic carbocycles. The van der Waals surface area contributed by atoms with Gasteiger partial charge in [-0.25, -0.2) is 0 Å². The van der Waals surface area contributed by atoms with Crippen LogP contribution in [0.1, 0.15) is 26.2 Å². The fraction of sp³-hybridized carbons (Fsp3) is 0.643. The fourth-order valence-electron chi connectivity index (χ4n) is 2.40. The lowest BCUT2D eigenvalue weighted by Gasteiger charge is -2.30. The second kappa shape index (κ2) is 6.64. The van der Waals surface area contributed by atoms with Gasteiger partial charge in [-0.1, -0.05) is 19.1 Å². The van der Waals surface area contributed by atoms with Crippen LogP contribution in [0.25, 0.3) is 0 Å². The molecule has 0 amide bonds. The normalized spacial score (nSPS) is 25.8. The Hall–Kier alpha value is -0.890. The van der Waals surface area contributed by atoms with Gasteiger partial charge in [0.1, 0.15) is 5.78 Å². The molecule has 16 heavy (non-hydrogen) atoms. The molecular formula is C14H23NO. The van der Waals surface area contributed by atoms with Crippen molar-refractivity contribution in [1.29, 1.82) is 0 Å². The first-order chi connectivity index (χ1) is 7.67. The topological polar surface area (TPSA) is 20.3 Å². The zero-order valence-corrected chi connectivity index (χ0v) is 10.3. The van der Waals surface area contributed by atoms with Gasteiger partial charge in [0.05, 0.1) is 0 Å². The minimum Gasteiger partial charge on any atom is -0.299 e. The average Bonchev–Trinajstić information content (AvgIpc) is 2.24. The Labute approximate surface area is 99.0 Å². The second-order valence-corrected chi connectivity index (χ2v) is 4.84. The van der Waals surface area contributed by atoms with Gasteiger partial charge < -0.3 is 0 Å². The third-order valence-corrected chi connectivity index (χ3v) is 3.28. The second-order valence-electron chi connectivity index (χ2n) is 4.84. The number of ketones is 1. The molecule has 1 fully saturated rings. The van der Waals surface area contributed by atoms with Crippen LogP contribution < -0.4 is 0 Å². The van der Waals surface area contributed by atoms with Crippen molar-refractivity contribution in [2.24, 2.45) is 11.8 Å². The minimum absolute atomic E-state index is 0.226. The van der Waals surface area contributed by atoms with Gasteiger partial charge in [0.25, 0.3) is 0 Å². The van der Waals surface area contributed by atoms with Crippen molar-refractivity contribution in [3.8, 4) is 0 Å². The average molecular weight is 221 g/mol. The fourth-order valence-corrected chi connectivity index (χ4v) is 2.40. The van der Waals surface area contributed by atoms with Gasteiger partial charge >= 0.3 is 0 Å². The number of nitrogens with zero attached hydrogens (tertiary/aromatic N) is 1. The van der Waals surface area contributed by atoms with E-state index in [4.69, 9.17) is 0 Å². The SMILES string of the molecule is C=CCN(CC=C)CC1CC(C)CCC1=O. The Morgan fingerprint density at radius 3 is 2.56 bits per heavy atom. The minimum atomic E-state index is 0.226. The largest absolute Gasteiger partial charge is 0.299 e. The number of rotatable bonds is 6. The molecule has 0 saturated heterocycles. The summed E-state index contributed by atoms with van der Waals surface area (Å²) in [4.78, 5) is 14.0. The first-order valence-corrected chi connectivity index (χ1v) is 6.14. The van der Waals surface area contributed by atoms with Crippen LogP contribution in [-0.2, 0) is 4.79 Å². The summed E-state index contributed by atoms with van der Waals surface area (Å²) in [6, 6.07) is 0. The quantitative estimate of drug-likeness (QED) is 0.643. The monoisotopic (exact) mass is 221 g/mol. The first kappa shape index (κ1) is 13.2. The molecule has 2 unspecified atom stereocenters. The summed E-state index contributed by atoms with van der Waals surface area (Å²) in [6.07, 6.45) is 6.66. The maximum Gasteiger partial charge on any atom is 0.137 e. The maximum atomic E-state index is 11.8. The molecule has 0 aromatic carbocycles. The van der Waals surface area contributed by atoms with E-state index in [1.807, 2.05) is 12.2 Å². The predicted molar refractivity (Wildman–Crippen MR) is 68.3 cm³/mol. The third kappa shape index (κ3) is 3.93. The van der Waals surface area contributed by atoms with Crippen LogP contribution in [0.15, 0.2) is 25.3 Å². The van der Waals surface area contributed by atoms with Crippen molar-refractivity contribution >= 4 is 5.78 Å². The molecule has 1 aliphatic rings. The number of hydrogen-bond acceptors (Lipinski definition) is 2. The molecule has 2 nitrogen and oxygen atoms in total. The molecule has 0 heterocycles. The van der Waals surface area contributed by atoms with E-state index in [0.29, 0.717) is 11.7 Å². The molecule has 0 radical (unpaired) electrons. The number of hydrogen-bond donors (Lipinski definition) is 0. The summed E-state index contributed by atoms with van der Waals surface area (Å²) in [5.74, 6) is 1.36. The van der Waals surface area contributed by atoms with E-state index >= 15 is 0 Å². The molecule has 0 spiro atoms. The predicted octanol–water partition coefficient (Wildman–Crippen LogP) is 2.67. The Bertz CT molecular complexity index is 249. The van der Waals surface area contributed by atoms with Crippen LogP contribution in [0.5, 0.6) is 0 Å². The van der Waals surface area contributed by atoms with Crippen molar-refractivity contribution < 1.29 is 4.79 Å². The van der Waals surface area contributed by atoms with E-state index in [1.165, 1.54) is 0 Å². The highest BCUT2D eigenvalue weighted by Gasteiger charge is 2.27. The molecule has 0 aliphatic heterocycles. The molecule has 1 rings (SSSR count). The van der Waals surface area contributed by atoms with E-state index in [2.05, 4.69) is 25.0 Å². The van der Waals surface area contributed by atoms with Crippen LogP contribution in [0.3, 0.4) is 0 Å². The molecule has 1 saturated carbocycles. The van der Waals surface area contributed by atoms with E-state index in [1.54, 1.807) is 0 Å². The Kier molecular flexibility index (Phi) is 5.47. The number of carbonyl (C=O) groups is 1. The van der Waals surface area contributed by atoms with Crippen molar-refractivity contribution in [2.45, 2.75) is 26.2 Å². The van der Waals surface area contributed by atoms with Gasteiger partial charge in [0, 0.05) is 32.0 Å². The Morgan fingerprint density at radius 1 is 1.38 bits per heavy atom. The summed E-state index contributed by atoms with van der Waals surface area (Å²) in [7, 11) is 0. The van der Waals surface area contributed by atoms with E-state index in [9.17, 15) is 4.79 Å². The van der Waals surface area contributed by atoms with E-state index in [0.717, 1.165) is 38.9 Å². The van der Waals surface area contributed by atoms with E-state index in [-0.39, 0.29) is 5.92 Å². The van der Waals surface area contributed by atoms with Crippen molar-refractivity contribution in [3.63, 3.8) is 0 Å². The third-order valence-electron chi connectivity index (χ3n) is 3.28. The molecule has 0 bridgehead atoms. The van der Waals surface area contributed by atoms with Crippen molar-refractivity contribution in [3.05, 3.63) is 25.3 Å². The highest BCUT2D eigenvalue weighted by molar-refractivity contribution is 5.81. The maximum absolute atomic E-state index is 11.8. The van der Waals surface area contributed by atoms with Gasteiger partial charge in [-0.3, -0.25) is 9.69 Å². The molecule has 0 aromatic heterocycles. The standard InChI is InChI=1S/C14H23NO/c1-4-8-15(9-5-2)11-13-10-12(3)6-7-14(13)16/h4-5,12-13H,1-2,6-11H2,3H3. The van der Waals surface area contributed by atoms with Crippen LogP contribution in [0.2, 0.25) is 0 Å². The molecular weight excluding hydrogens is 198 g/mol. The van der Waals surface area contributed by atoms with Crippen LogP contribution in [0, 0.1) is 11.8 Å². The van der Waals surface area contributed by atoms with Gasteiger partial charge in [-0.15, -0.1) is 13.2 Å². The summed E-state index contributed by atoms with van der Waals surface area (Å²) >= 11 is 0. The lowest BCUT2D eigenvalue weighted by molar-refractivity contribution is -0.126. The summed E-state index contributed by atoms with van der Waals surface area (Å²) in [5, 5.41) is 0. The summed E-state index contributed by atoms with van der Waals surface area (Å²) in [5.41, 5.74) is 0. The summed E-state index contributed by atoms with van der Waals surface area (Å²) < 4.78 is 0. The number of carbonyl (C=O) groups excluding carboxylic acids is 1. The van der Waals surface area contributed by atoms with Crippen LogP contribution in [0.4, 0.5) is 0 Å². The smallest absolute Gasteiger partial charge is 0.137 e. The Balaban J connectivity index is 2.50. The first-order valence-electron chi connectivity index (χ1n) is 6.14. The van der Waals surface area contributed by atoms with Crippen LogP contribution >= 0.6 is 0 Å². The molecule has 0 N–H and O–H groups in total. The molecule has 2 heteroatoms. The lowest BCUT2D eigenvalue weighted by atomic mass is 9.81. The summed E-state index contributed by atoms with van der Waals surface area (Å²) in [6.45, 7) is 12.3. The highest BCUT2D eigenvalue weighted by atomic mass is 16.1. The zero-order chi connectivity index (χ0) is 12.0. The molecule has 0 aromatic rings. The highest BCUT2D eigenvalue weighted by Crippen LogP contribution is 2.26. The molecule has 2 atom stereocenters. The van der Waals surface area contributed by atoms with Gasteiger partial charge in [-0.05, 0) is 18.8 Å². The Morgan fingerprint density at radius 2 is 2.00 bits per heavy atom. The van der Waals surface area contributed by atoms with Gasteiger partial charge in [-0.2, -0.15) is 0 Å².